The van der Waals surface area contributed by atoms with Gasteiger partial charge in [0, 0.05) is 17.8 Å². The smallest absolute Gasteiger partial charge is 0.341 e. The summed E-state index contributed by atoms with van der Waals surface area (Å²) in [5, 5.41) is 10.4. The third kappa shape index (κ3) is 4.23. The van der Waals surface area contributed by atoms with Crippen LogP contribution in [0.5, 0.6) is 17.2 Å². The lowest BCUT2D eigenvalue weighted by Crippen LogP contribution is -2.09. The lowest BCUT2D eigenvalue weighted by molar-refractivity contribution is -0.139. The Balaban J connectivity index is 1.68. The Kier molecular flexibility index (Phi) is 5.59. The van der Waals surface area contributed by atoms with Crippen molar-refractivity contribution in [2.75, 3.05) is 6.61 Å². The molecule has 6 nitrogen and oxygen atoms in total. The highest BCUT2D eigenvalue weighted by molar-refractivity contribution is 6.30. The topological polar surface area (TPSA) is 73.6 Å². The average Bonchev–Trinajstić information content (AvgIpc) is 3.00. The fourth-order valence-electron chi connectivity index (χ4n) is 3.27. The predicted molar refractivity (Wildman–Crippen MR) is 115 cm³/mol. The van der Waals surface area contributed by atoms with Crippen molar-refractivity contribution in [1.29, 1.82) is 0 Å². The second-order valence-corrected chi connectivity index (χ2v) is 7.20. The summed E-state index contributed by atoms with van der Waals surface area (Å²) in [7, 11) is 0. The van der Waals surface area contributed by atoms with Gasteiger partial charge in [0.2, 0.25) is 0 Å². The number of hydrogen-bond acceptors (Lipinski definition) is 4. The lowest BCUT2D eigenvalue weighted by Gasteiger charge is -2.10. The Morgan fingerprint density at radius 3 is 2.67 bits per heavy atom. The standard InChI is InChI=1S/C23H19ClN2O4/c1-15-22(30-18-9-7-17(24)8-10-18)20-6-3-11-25-23(20)26(15)13-16-4-2-5-19(12-16)29-14-21(27)28/h2-12H,13-14H2,1H3,(H,27,28). The summed E-state index contributed by atoms with van der Waals surface area (Å²) in [5.41, 5.74) is 2.69. The van der Waals surface area contributed by atoms with Crippen LogP contribution in [-0.4, -0.2) is 27.2 Å². The van der Waals surface area contributed by atoms with E-state index in [1.807, 2.05) is 49.4 Å². The van der Waals surface area contributed by atoms with Crippen LogP contribution in [0.15, 0.2) is 66.9 Å². The van der Waals surface area contributed by atoms with Gasteiger partial charge >= 0.3 is 5.97 Å². The van der Waals surface area contributed by atoms with Crippen LogP contribution in [0.4, 0.5) is 0 Å². The Bertz CT molecular complexity index is 1200. The molecule has 0 radical (unpaired) electrons. The maximum atomic E-state index is 10.8. The van der Waals surface area contributed by atoms with Crippen molar-refractivity contribution in [3.05, 3.63) is 83.1 Å². The summed E-state index contributed by atoms with van der Waals surface area (Å²) in [6.07, 6.45) is 1.75. The molecule has 30 heavy (non-hydrogen) atoms. The number of aromatic nitrogens is 2. The van der Waals surface area contributed by atoms with Gasteiger partial charge in [-0.25, -0.2) is 9.78 Å². The highest BCUT2D eigenvalue weighted by atomic mass is 35.5. The minimum atomic E-state index is -1.01. The van der Waals surface area contributed by atoms with Gasteiger partial charge in [0.25, 0.3) is 0 Å². The SMILES string of the molecule is Cc1c(Oc2ccc(Cl)cc2)c2cccnc2n1Cc1cccc(OCC(=O)O)c1. The number of halogens is 1. The highest BCUT2D eigenvalue weighted by Crippen LogP contribution is 2.36. The summed E-state index contributed by atoms with van der Waals surface area (Å²) in [6.45, 7) is 2.14. The number of carbonyl (C=O) groups is 1. The molecule has 0 amide bonds. The number of aliphatic carboxylic acids is 1. The molecule has 0 aliphatic heterocycles. The Labute approximate surface area is 178 Å². The number of rotatable bonds is 7. The van der Waals surface area contributed by atoms with Gasteiger partial charge in [-0.3, -0.25) is 0 Å². The van der Waals surface area contributed by atoms with E-state index in [0.29, 0.717) is 23.1 Å². The van der Waals surface area contributed by atoms with Crippen molar-refractivity contribution in [2.24, 2.45) is 0 Å². The molecule has 0 saturated heterocycles. The number of pyridine rings is 1. The molecule has 4 aromatic rings. The normalized spacial score (nSPS) is 10.9. The zero-order valence-electron chi connectivity index (χ0n) is 16.2. The fraction of sp³-hybridized carbons (Fsp3) is 0.130. The van der Waals surface area contributed by atoms with Crippen LogP contribution < -0.4 is 9.47 Å². The summed E-state index contributed by atoms with van der Waals surface area (Å²) in [6, 6.07) is 18.4. The van der Waals surface area contributed by atoms with E-state index < -0.39 is 5.97 Å². The number of hydrogen-bond donors (Lipinski definition) is 1. The highest BCUT2D eigenvalue weighted by Gasteiger charge is 2.17. The van der Waals surface area contributed by atoms with Crippen molar-refractivity contribution in [3.63, 3.8) is 0 Å². The predicted octanol–water partition coefficient (Wildman–Crippen LogP) is 5.30. The summed E-state index contributed by atoms with van der Waals surface area (Å²) in [4.78, 5) is 15.3. The molecule has 2 heterocycles. The maximum Gasteiger partial charge on any atom is 0.341 e. The number of carboxylic acid groups (broad SMARTS) is 1. The van der Waals surface area contributed by atoms with Gasteiger partial charge in [-0.1, -0.05) is 23.7 Å². The zero-order valence-corrected chi connectivity index (χ0v) is 17.0. The van der Waals surface area contributed by atoms with E-state index in [2.05, 4.69) is 9.55 Å². The fourth-order valence-corrected chi connectivity index (χ4v) is 3.40. The van der Waals surface area contributed by atoms with Crippen LogP contribution in [0, 0.1) is 6.92 Å². The molecule has 0 spiro atoms. The third-order valence-corrected chi connectivity index (χ3v) is 4.91. The maximum absolute atomic E-state index is 10.8. The minimum absolute atomic E-state index is 0.379. The molecule has 152 valence electrons. The quantitative estimate of drug-likeness (QED) is 0.437. The van der Waals surface area contributed by atoms with Crippen LogP contribution >= 0.6 is 11.6 Å². The molecule has 0 unspecified atom stereocenters. The van der Waals surface area contributed by atoms with Gasteiger partial charge in [0.1, 0.15) is 17.1 Å². The van der Waals surface area contributed by atoms with E-state index in [0.717, 1.165) is 28.0 Å². The summed E-state index contributed by atoms with van der Waals surface area (Å²) < 4.78 is 13.5. The van der Waals surface area contributed by atoms with Crippen LogP contribution in [-0.2, 0) is 11.3 Å². The molecule has 2 aromatic carbocycles. The molecule has 1 N–H and O–H groups in total. The second-order valence-electron chi connectivity index (χ2n) is 6.76. The van der Waals surface area contributed by atoms with Crippen molar-refractivity contribution in [1.82, 2.24) is 9.55 Å². The van der Waals surface area contributed by atoms with Gasteiger partial charge in [0.15, 0.2) is 12.4 Å². The molecule has 0 bridgehead atoms. The minimum Gasteiger partial charge on any atom is -0.482 e. The third-order valence-electron chi connectivity index (χ3n) is 4.66. The van der Waals surface area contributed by atoms with Crippen molar-refractivity contribution in [2.45, 2.75) is 13.5 Å². The van der Waals surface area contributed by atoms with E-state index in [1.165, 1.54) is 0 Å². The molecular formula is C23H19ClN2O4. The van der Waals surface area contributed by atoms with Gasteiger partial charge in [-0.15, -0.1) is 0 Å². The van der Waals surface area contributed by atoms with Gasteiger partial charge < -0.3 is 19.1 Å². The molecule has 0 saturated carbocycles. The van der Waals surface area contributed by atoms with Gasteiger partial charge in [-0.05, 0) is 61.0 Å². The monoisotopic (exact) mass is 422 g/mol. The second kappa shape index (κ2) is 8.47. The van der Waals surface area contributed by atoms with Gasteiger partial charge in [0.05, 0.1) is 11.1 Å². The first-order valence-electron chi connectivity index (χ1n) is 9.32. The van der Waals surface area contributed by atoms with Gasteiger partial charge in [-0.2, -0.15) is 0 Å². The number of ether oxygens (including phenoxy) is 2. The molecule has 0 aliphatic carbocycles. The number of nitrogens with zero attached hydrogens (tertiary/aromatic N) is 2. The summed E-state index contributed by atoms with van der Waals surface area (Å²) >= 11 is 5.98. The van der Waals surface area contributed by atoms with Crippen LogP contribution in [0.1, 0.15) is 11.3 Å². The molecule has 2 aromatic heterocycles. The number of carboxylic acids is 1. The van der Waals surface area contributed by atoms with E-state index >= 15 is 0 Å². The largest absolute Gasteiger partial charge is 0.482 e. The van der Waals surface area contributed by atoms with Crippen molar-refractivity contribution >= 4 is 28.6 Å². The first-order chi connectivity index (χ1) is 14.5. The molecule has 4 rings (SSSR count). The lowest BCUT2D eigenvalue weighted by atomic mass is 10.2. The first-order valence-corrected chi connectivity index (χ1v) is 9.70. The number of benzene rings is 2. The van der Waals surface area contributed by atoms with Crippen molar-refractivity contribution in [3.8, 4) is 17.2 Å². The van der Waals surface area contributed by atoms with E-state index in [4.69, 9.17) is 26.2 Å². The van der Waals surface area contributed by atoms with Crippen LogP contribution in [0.2, 0.25) is 5.02 Å². The number of fused-ring (bicyclic) bond motifs is 1. The molecule has 0 atom stereocenters. The summed E-state index contributed by atoms with van der Waals surface area (Å²) in [5.74, 6) is 0.920. The van der Waals surface area contributed by atoms with Crippen LogP contribution in [0.25, 0.3) is 11.0 Å². The zero-order chi connectivity index (χ0) is 21.1. The van der Waals surface area contributed by atoms with E-state index in [9.17, 15) is 4.79 Å². The first kappa shape index (κ1) is 19.8. The Hall–Kier alpha value is -3.51. The molecule has 7 heteroatoms. The Morgan fingerprint density at radius 1 is 1.10 bits per heavy atom. The molecule has 0 fully saturated rings. The Morgan fingerprint density at radius 2 is 1.90 bits per heavy atom. The van der Waals surface area contributed by atoms with E-state index in [-0.39, 0.29) is 6.61 Å². The van der Waals surface area contributed by atoms with E-state index in [1.54, 1.807) is 24.4 Å². The van der Waals surface area contributed by atoms with Crippen LogP contribution in [0.3, 0.4) is 0 Å². The molecular weight excluding hydrogens is 404 g/mol. The molecule has 0 aliphatic rings. The van der Waals surface area contributed by atoms with Crippen molar-refractivity contribution < 1.29 is 19.4 Å². The average molecular weight is 423 g/mol.